The van der Waals surface area contributed by atoms with E-state index in [1.807, 2.05) is 26.0 Å². The Bertz CT molecular complexity index is 163. The van der Waals surface area contributed by atoms with E-state index < -0.39 is 0 Å². The molecule has 0 saturated carbocycles. The summed E-state index contributed by atoms with van der Waals surface area (Å²) in [7, 11) is 0. The molecule has 12 heavy (non-hydrogen) atoms. The Morgan fingerprint density at radius 2 is 2.17 bits per heavy atom. The number of ether oxygens (including phenoxy) is 1. The second-order valence-electron chi connectivity index (χ2n) is 2.38. The zero-order valence-corrected chi connectivity index (χ0v) is 7.62. The fourth-order valence-corrected chi connectivity index (χ4v) is 0.489. The molecule has 0 N–H and O–H groups in total. The van der Waals surface area contributed by atoms with Gasteiger partial charge in [0.15, 0.2) is 0 Å². The fraction of sp³-hybridized carbons (Fsp3) is 0.667. The van der Waals surface area contributed by atoms with E-state index >= 15 is 0 Å². The molecule has 0 aromatic rings. The molecule has 1 aliphatic heterocycles. The van der Waals surface area contributed by atoms with E-state index in [1.54, 1.807) is 0 Å². The smallest absolute Gasteiger partial charge is 0.234 e. The highest BCUT2D eigenvalue weighted by Gasteiger charge is 2.20. The molecule has 1 fully saturated rings. The van der Waals surface area contributed by atoms with Gasteiger partial charge in [-0.2, -0.15) is 0 Å². The molecule has 3 heteroatoms. The number of hydrogen-bond donors (Lipinski definition) is 0. The molecule has 0 amide bonds. The number of nitrogens with zero attached hydrogens (tertiary/aromatic N) is 1. The number of allylic oxidation sites excluding steroid dienone is 2. The van der Waals surface area contributed by atoms with Crippen LogP contribution >= 0.6 is 0 Å². The number of epoxide rings is 1. The summed E-state index contributed by atoms with van der Waals surface area (Å²) in [5.74, 6) is 0. The van der Waals surface area contributed by atoms with Gasteiger partial charge < -0.3 is 4.74 Å². The highest BCUT2D eigenvalue weighted by atomic mass is 16.6. The number of hydrogen-bond acceptors (Lipinski definition) is 3. The molecule has 1 unspecified atom stereocenters. The van der Waals surface area contributed by atoms with Crippen molar-refractivity contribution in [1.29, 1.82) is 0 Å². The van der Waals surface area contributed by atoms with Crippen LogP contribution in [0.3, 0.4) is 0 Å². The van der Waals surface area contributed by atoms with Crippen molar-refractivity contribution in [1.82, 2.24) is 0 Å². The SMILES string of the molecule is CC=CC.O=C=NCCC1CO1. The lowest BCUT2D eigenvalue weighted by atomic mass is 10.3. The van der Waals surface area contributed by atoms with Gasteiger partial charge in [0.2, 0.25) is 6.08 Å². The lowest BCUT2D eigenvalue weighted by Gasteiger charge is -1.81. The Morgan fingerprint density at radius 3 is 2.50 bits per heavy atom. The van der Waals surface area contributed by atoms with Gasteiger partial charge in [-0.15, -0.1) is 0 Å². The molecule has 1 rings (SSSR count). The summed E-state index contributed by atoms with van der Waals surface area (Å²) in [4.78, 5) is 12.8. The average Bonchev–Trinajstić information content (AvgIpc) is 2.89. The van der Waals surface area contributed by atoms with Crippen molar-refractivity contribution in [2.45, 2.75) is 26.4 Å². The van der Waals surface area contributed by atoms with Crippen molar-refractivity contribution < 1.29 is 9.53 Å². The van der Waals surface area contributed by atoms with Gasteiger partial charge in [0, 0.05) is 0 Å². The lowest BCUT2D eigenvalue weighted by Crippen LogP contribution is -1.87. The molecule has 0 bridgehead atoms. The summed E-state index contributed by atoms with van der Waals surface area (Å²) in [5.41, 5.74) is 0. The molecule has 1 atom stereocenters. The van der Waals surface area contributed by atoms with Gasteiger partial charge >= 0.3 is 0 Å². The summed E-state index contributed by atoms with van der Waals surface area (Å²) in [6.07, 6.45) is 6.72. The maximum Gasteiger partial charge on any atom is 0.234 e. The highest BCUT2D eigenvalue weighted by molar-refractivity contribution is 5.32. The Labute approximate surface area is 73.1 Å². The predicted octanol–water partition coefficient (Wildman–Crippen LogP) is 1.69. The lowest BCUT2D eigenvalue weighted by molar-refractivity contribution is 0.399. The van der Waals surface area contributed by atoms with Gasteiger partial charge in [0.25, 0.3) is 0 Å². The zero-order valence-electron chi connectivity index (χ0n) is 7.62. The molecule has 0 aromatic heterocycles. The summed E-state index contributed by atoms with van der Waals surface area (Å²) in [6, 6.07) is 0. The minimum atomic E-state index is 0.382. The standard InChI is InChI=1S/C5H7NO2.C4H8/c7-4-6-2-1-5-3-8-5;1-3-4-2/h5H,1-3H2;3-4H,1-2H3. The zero-order chi connectivity index (χ0) is 9.23. The number of aliphatic imine (C=N–C) groups is 1. The van der Waals surface area contributed by atoms with E-state index in [4.69, 9.17) is 4.74 Å². The van der Waals surface area contributed by atoms with Crippen LogP contribution in [-0.2, 0) is 9.53 Å². The van der Waals surface area contributed by atoms with Crippen LogP contribution in [0.5, 0.6) is 0 Å². The topological polar surface area (TPSA) is 42.0 Å². The van der Waals surface area contributed by atoms with E-state index in [1.165, 1.54) is 6.08 Å². The van der Waals surface area contributed by atoms with Crippen LogP contribution in [0.1, 0.15) is 20.3 Å². The number of isocyanates is 1. The van der Waals surface area contributed by atoms with Crippen LogP contribution in [0.2, 0.25) is 0 Å². The third-order valence-corrected chi connectivity index (χ3v) is 1.36. The third kappa shape index (κ3) is 9.08. The Morgan fingerprint density at radius 1 is 1.58 bits per heavy atom. The van der Waals surface area contributed by atoms with E-state index in [9.17, 15) is 4.79 Å². The summed E-state index contributed by atoms with van der Waals surface area (Å²) >= 11 is 0. The molecule has 1 aliphatic rings. The first-order valence-corrected chi connectivity index (χ1v) is 4.07. The molecule has 3 nitrogen and oxygen atoms in total. The van der Waals surface area contributed by atoms with Crippen molar-refractivity contribution in [2.75, 3.05) is 13.2 Å². The van der Waals surface area contributed by atoms with Gasteiger partial charge in [0.1, 0.15) is 0 Å². The first-order chi connectivity index (χ1) is 5.85. The van der Waals surface area contributed by atoms with Gasteiger partial charge in [0.05, 0.1) is 19.3 Å². The Balaban J connectivity index is 0.000000261. The highest BCUT2D eigenvalue weighted by Crippen LogP contribution is 2.12. The fourth-order valence-electron chi connectivity index (χ4n) is 0.489. The monoisotopic (exact) mass is 169 g/mol. The summed E-state index contributed by atoms with van der Waals surface area (Å²) in [5, 5.41) is 0. The molecule has 0 aliphatic carbocycles. The maximum atomic E-state index is 9.47. The predicted molar refractivity (Wildman–Crippen MR) is 47.8 cm³/mol. The molecule has 0 radical (unpaired) electrons. The van der Waals surface area contributed by atoms with Crippen molar-refractivity contribution in [3.05, 3.63) is 12.2 Å². The molecular weight excluding hydrogens is 154 g/mol. The van der Waals surface area contributed by atoms with Crippen LogP contribution in [0.15, 0.2) is 17.1 Å². The average molecular weight is 169 g/mol. The Hall–Kier alpha value is -0.920. The van der Waals surface area contributed by atoms with Crippen LogP contribution in [0.4, 0.5) is 0 Å². The summed E-state index contributed by atoms with van der Waals surface area (Å²) in [6.45, 7) is 5.41. The van der Waals surface area contributed by atoms with Crippen molar-refractivity contribution >= 4 is 6.08 Å². The number of rotatable bonds is 3. The maximum absolute atomic E-state index is 9.47. The van der Waals surface area contributed by atoms with Crippen LogP contribution < -0.4 is 0 Å². The third-order valence-electron chi connectivity index (χ3n) is 1.36. The molecular formula is C9H15NO2. The van der Waals surface area contributed by atoms with Crippen molar-refractivity contribution in [2.24, 2.45) is 4.99 Å². The van der Waals surface area contributed by atoms with E-state index in [0.29, 0.717) is 12.6 Å². The quantitative estimate of drug-likeness (QED) is 0.279. The first kappa shape index (κ1) is 11.1. The second kappa shape index (κ2) is 8.18. The van der Waals surface area contributed by atoms with Gasteiger partial charge in [-0.3, -0.25) is 0 Å². The minimum absolute atomic E-state index is 0.382. The van der Waals surface area contributed by atoms with E-state index in [2.05, 4.69) is 4.99 Å². The van der Waals surface area contributed by atoms with E-state index in [0.717, 1.165) is 13.0 Å². The molecule has 1 saturated heterocycles. The van der Waals surface area contributed by atoms with Crippen molar-refractivity contribution in [3.63, 3.8) is 0 Å². The van der Waals surface area contributed by atoms with Gasteiger partial charge in [-0.25, -0.2) is 9.79 Å². The van der Waals surface area contributed by atoms with Crippen LogP contribution in [-0.4, -0.2) is 25.3 Å². The molecule has 0 aromatic carbocycles. The number of carbonyl (C=O) groups excluding carboxylic acids is 1. The second-order valence-corrected chi connectivity index (χ2v) is 2.38. The van der Waals surface area contributed by atoms with Gasteiger partial charge in [-0.1, -0.05) is 12.2 Å². The minimum Gasteiger partial charge on any atom is -0.373 e. The summed E-state index contributed by atoms with van der Waals surface area (Å²) < 4.78 is 4.87. The largest absolute Gasteiger partial charge is 0.373 e. The van der Waals surface area contributed by atoms with Gasteiger partial charge in [-0.05, 0) is 20.3 Å². The van der Waals surface area contributed by atoms with Crippen LogP contribution in [0.25, 0.3) is 0 Å². The first-order valence-electron chi connectivity index (χ1n) is 4.07. The molecule has 0 spiro atoms. The Kier molecular flexibility index (Phi) is 7.55. The van der Waals surface area contributed by atoms with E-state index in [-0.39, 0.29) is 0 Å². The molecule has 1 heterocycles. The normalized spacial score (nSPS) is 19.3. The van der Waals surface area contributed by atoms with Crippen molar-refractivity contribution in [3.8, 4) is 0 Å². The molecule has 68 valence electrons. The van der Waals surface area contributed by atoms with Crippen LogP contribution in [0, 0.1) is 0 Å².